The van der Waals surface area contributed by atoms with E-state index >= 15 is 0 Å². The number of halogens is 5. The number of nitrogens with zero attached hydrogens (tertiary/aromatic N) is 3. The Hall–Kier alpha value is -1.36. The van der Waals surface area contributed by atoms with Gasteiger partial charge in [0.25, 0.3) is 5.95 Å². The van der Waals surface area contributed by atoms with Crippen LogP contribution in [0.25, 0.3) is 0 Å². The lowest BCUT2D eigenvalue weighted by Crippen LogP contribution is -2.24. The van der Waals surface area contributed by atoms with Gasteiger partial charge in [0.1, 0.15) is 10.6 Å². The minimum absolute atomic E-state index is 0.128. The summed E-state index contributed by atoms with van der Waals surface area (Å²) in [6.07, 6.45) is 1.41. The molecule has 0 aliphatic carbocycles. The van der Waals surface area contributed by atoms with Crippen molar-refractivity contribution in [2.45, 2.75) is 38.2 Å². The van der Waals surface area contributed by atoms with E-state index in [1.165, 1.54) is 6.26 Å². The molecule has 1 aromatic heterocycles. The van der Waals surface area contributed by atoms with Crippen LogP contribution >= 0.6 is 10.3 Å². The number of hydrogen-bond acceptors (Lipinski definition) is 4. The third-order valence-corrected chi connectivity index (χ3v) is 5.64. The molecular weight excluding hydrogens is 333 g/mol. The maximum atomic E-state index is 13.5. The molecule has 1 aliphatic heterocycles. The second-order valence-corrected chi connectivity index (χ2v) is 8.40. The quantitative estimate of drug-likeness (QED) is 0.784. The Morgan fingerprint density at radius 3 is 2.45 bits per heavy atom. The Kier molecular flexibility index (Phi) is 4.39. The van der Waals surface area contributed by atoms with Crippen LogP contribution in [0, 0.1) is 11.9 Å². The van der Waals surface area contributed by atoms with Crippen LogP contribution in [0.1, 0.15) is 25.8 Å². The first-order chi connectivity index (χ1) is 10.0. The minimum atomic E-state index is -3.18. The molecule has 0 radical (unpaired) electrons. The fourth-order valence-electron chi connectivity index (χ4n) is 1.94. The Morgan fingerprint density at radius 1 is 1.41 bits per heavy atom. The predicted molar refractivity (Wildman–Crippen MR) is 70.2 cm³/mol. The number of oxime groups is 1. The number of hydrogen-bond donors (Lipinski definition) is 0. The van der Waals surface area contributed by atoms with Gasteiger partial charge in [0.2, 0.25) is 5.95 Å². The zero-order valence-electron chi connectivity index (χ0n) is 11.9. The molecule has 0 amide bonds. The van der Waals surface area contributed by atoms with Gasteiger partial charge in [-0.3, -0.25) is 4.18 Å². The number of alkyl halides is 2. The molecule has 1 unspecified atom stereocenters. The van der Waals surface area contributed by atoms with Gasteiger partial charge in [-0.1, -0.05) is 24.8 Å². The summed E-state index contributed by atoms with van der Waals surface area (Å²) in [5.41, 5.74) is -1.51. The smallest absolute Gasteiger partial charge is 0.354 e. The van der Waals surface area contributed by atoms with E-state index in [-0.39, 0.29) is 11.5 Å². The van der Waals surface area contributed by atoms with E-state index in [4.69, 9.17) is 4.84 Å². The summed E-state index contributed by atoms with van der Waals surface area (Å²) in [7, 11) is -2.90. The van der Waals surface area contributed by atoms with Crippen molar-refractivity contribution in [1.82, 2.24) is 10.0 Å². The molecule has 1 atom stereocenters. The highest BCUT2D eigenvalue weighted by molar-refractivity contribution is 8.40. The molecule has 11 heteroatoms. The van der Waals surface area contributed by atoms with E-state index in [0.29, 0.717) is 0 Å². The number of aromatic nitrogens is 2. The SMILES string of the molecule is CC1(C)CC(S(C)(Cc2c(F)nn(F)c2F)OC(F)F)=NO1. The van der Waals surface area contributed by atoms with Crippen molar-refractivity contribution in [1.29, 1.82) is 0 Å². The first kappa shape index (κ1) is 17.0. The van der Waals surface area contributed by atoms with Crippen molar-refractivity contribution in [3.05, 3.63) is 17.5 Å². The summed E-state index contributed by atoms with van der Waals surface area (Å²) in [5, 5.41) is 6.47. The molecule has 0 fully saturated rings. The molecule has 126 valence electrons. The maximum absolute atomic E-state index is 13.5. The standard InChI is InChI=1S/C11H14F5N3O2S/c1-11(2)4-7(18-21-11)22(3,20-10(14)15)5-6-8(12)17-19(16)9(6)13/h10H,4-5H2,1-3H3. The molecule has 1 aromatic rings. The molecule has 0 saturated heterocycles. The molecule has 1 aliphatic rings. The normalized spacial score (nSPS) is 21.4. The van der Waals surface area contributed by atoms with Gasteiger partial charge in [0.05, 0.1) is 5.56 Å². The second kappa shape index (κ2) is 5.69. The summed E-state index contributed by atoms with van der Waals surface area (Å²) in [5.74, 6) is -3.64. The highest BCUT2D eigenvalue weighted by Gasteiger charge is 2.41. The van der Waals surface area contributed by atoms with E-state index in [1.54, 1.807) is 13.8 Å². The predicted octanol–water partition coefficient (Wildman–Crippen LogP) is 3.49. The molecule has 2 rings (SSSR count). The van der Waals surface area contributed by atoms with Crippen molar-refractivity contribution in [3.63, 3.8) is 0 Å². The van der Waals surface area contributed by atoms with E-state index < -0.39 is 50.6 Å². The van der Waals surface area contributed by atoms with Gasteiger partial charge in [-0.15, -0.1) is 5.10 Å². The van der Waals surface area contributed by atoms with Crippen LogP contribution in [0.2, 0.25) is 0 Å². The third-order valence-electron chi connectivity index (χ3n) is 3.01. The highest BCUT2D eigenvalue weighted by atomic mass is 32.3. The zero-order chi connectivity index (χ0) is 16.7. The van der Waals surface area contributed by atoms with Gasteiger partial charge < -0.3 is 4.84 Å². The van der Waals surface area contributed by atoms with Crippen molar-refractivity contribution in [3.8, 4) is 0 Å². The first-order valence-electron chi connectivity index (χ1n) is 6.11. The zero-order valence-corrected chi connectivity index (χ0v) is 12.8. The van der Waals surface area contributed by atoms with Gasteiger partial charge in [-0.05, 0) is 20.1 Å². The lowest BCUT2D eigenvalue weighted by atomic mass is 10.1. The van der Waals surface area contributed by atoms with Crippen molar-refractivity contribution in [2.75, 3.05) is 6.26 Å². The molecular formula is C11H14F5N3O2S. The summed E-state index contributed by atoms with van der Waals surface area (Å²) < 4.78 is 69.9. The van der Waals surface area contributed by atoms with Crippen molar-refractivity contribution < 1.29 is 31.1 Å². The van der Waals surface area contributed by atoms with Crippen LogP contribution in [0.3, 0.4) is 0 Å². The van der Waals surface area contributed by atoms with Gasteiger partial charge >= 0.3 is 6.61 Å². The molecule has 0 saturated carbocycles. The van der Waals surface area contributed by atoms with Crippen LogP contribution in [0.4, 0.5) is 22.0 Å². The second-order valence-electron chi connectivity index (χ2n) is 5.44. The van der Waals surface area contributed by atoms with Crippen LogP contribution in [0.15, 0.2) is 5.16 Å². The van der Waals surface area contributed by atoms with Crippen LogP contribution in [-0.2, 0) is 14.8 Å². The Morgan fingerprint density at radius 2 is 2.05 bits per heavy atom. The fourth-order valence-corrected chi connectivity index (χ4v) is 4.24. The van der Waals surface area contributed by atoms with Gasteiger partial charge in [-0.2, -0.15) is 17.6 Å². The summed E-state index contributed by atoms with van der Waals surface area (Å²) in [6, 6.07) is 0. The first-order valence-corrected chi connectivity index (χ1v) is 8.24. The van der Waals surface area contributed by atoms with E-state index in [0.717, 1.165) is 0 Å². The van der Waals surface area contributed by atoms with Crippen LogP contribution in [-0.4, -0.2) is 33.5 Å². The molecule has 2 heterocycles. The average Bonchev–Trinajstić information content (AvgIpc) is 2.84. The fraction of sp³-hybridized carbons (Fsp3) is 0.636. The number of rotatable bonds is 4. The van der Waals surface area contributed by atoms with Crippen LogP contribution in [0.5, 0.6) is 0 Å². The molecule has 0 bridgehead atoms. The molecule has 5 nitrogen and oxygen atoms in total. The van der Waals surface area contributed by atoms with Gasteiger partial charge in [0.15, 0.2) is 0 Å². The maximum Gasteiger partial charge on any atom is 0.354 e. The van der Waals surface area contributed by atoms with E-state index in [1.807, 2.05) is 0 Å². The molecule has 0 spiro atoms. The lowest BCUT2D eigenvalue weighted by Gasteiger charge is -2.34. The topological polar surface area (TPSA) is 48.6 Å². The molecule has 0 aromatic carbocycles. The lowest BCUT2D eigenvalue weighted by molar-refractivity contribution is -0.0382. The van der Waals surface area contributed by atoms with Crippen molar-refractivity contribution in [2.24, 2.45) is 5.16 Å². The van der Waals surface area contributed by atoms with Crippen LogP contribution < -0.4 is 0 Å². The van der Waals surface area contributed by atoms with Crippen molar-refractivity contribution >= 4 is 15.4 Å². The van der Waals surface area contributed by atoms with E-state index in [2.05, 4.69) is 14.4 Å². The third kappa shape index (κ3) is 3.35. The summed E-state index contributed by atoms with van der Waals surface area (Å²) in [4.78, 5) is 4.30. The molecule has 0 N–H and O–H groups in total. The Bertz CT molecular complexity index is 607. The largest absolute Gasteiger partial charge is 0.389 e. The Labute approximate surface area is 124 Å². The molecule has 22 heavy (non-hydrogen) atoms. The van der Waals surface area contributed by atoms with Gasteiger partial charge in [-0.25, -0.2) is 0 Å². The monoisotopic (exact) mass is 347 g/mol. The average molecular weight is 347 g/mol. The summed E-state index contributed by atoms with van der Waals surface area (Å²) >= 11 is 0. The highest BCUT2D eigenvalue weighted by Crippen LogP contribution is 2.55. The summed E-state index contributed by atoms with van der Waals surface area (Å²) in [6.45, 7) is 0.164. The van der Waals surface area contributed by atoms with Gasteiger partial charge in [0, 0.05) is 12.2 Å². The minimum Gasteiger partial charge on any atom is -0.389 e. The Balaban J connectivity index is 2.34. The van der Waals surface area contributed by atoms with E-state index in [9.17, 15) is 22.0 Å².